The van der Waals surface area contributed by atoms with E-state index in [1.165, 1.54) is 43.2 Å². The van der Waals surface area contributed by atoms with Gasteiger partial charge in [0.1, 0.15) is 0 Å². The van der Waals surface area contributed by atoms with Crippen molar-refractivity contribution in [3.63, 3.8) is 0 Å². The lowest BCUT2D eigenvalue weighted by Crippen LogP contribution is -2.43. The van der Waals surface area contributed by atoms with Crippen LogP contribution in [0.5, 0.6) is 0 Å². The van der Waals surface area contributed by atoms with Crippen LogP contribution >= 0.6 is 11.3 Å². The maximum atomic E-state index is 5.53. The van der Waals surface area contributed by atoms with E-state index >= 15 is 0 Å². The summed E-state index contributed by atoms with van der Waals surface area (Å²) in [5, 5.41) is 3.38. The van der Waals surface area contributed by atoms with Gasteiger partial charge in [0, 0.05) is 38.0 Å². The summed E-state index contributed by atoms with van der Waals surface area (Å²) in [5.41, 5.74) is 1.70. The molecule has 0 bridgehead atoms. The van der Waals surface area contributed by atoms with E-state index in [0.29, 0.717) is 11.3 Å². The smallest absolute Gasteiger partial charge is 0.0897 e. The van der Waals surface area contributed by atoms with Crippen LogP contribution in [0, 0.1) is 18.3 Å². The van der Waals surface area contributed by atoms with E-state index < -0.39 is 0 Å². The zero-order chi connectivity index (χ0) is 14.9. The molecular weight excluding hydrogens is 282 g/mol. The normalized spacial score (nSPS) is 26.7. The molecule has 2 fully saturated rings. The summed E-state index contributed by atoms with van der Waals surface area (Å²) < 4.78 is 5.53. The number of thiazole rings is 1. The highest BCUT2D eigenvalue weighted by Gasteiger charge is 2.47. The molecule has 1 aromatic rings. The first kappa shape index (κ1) is 15.4. The molecule has 21 heavy (non-hydrogen) atoms. The second-order valence-corrected chi connectivity index (χ2v) is 7.91. The molecule has 118 valence electrons. The lowest BCUT2D eigenvalue weighted by atomic mass is 9.71. The standard InChI is InChI=1S/C16H27N3OS/c1-13-17-15(11-21-13)9-19-8-14(10-20-3)16(12-19)4-6-18(2)7-5-16/h11,14H,4-10,12H2,1-3H3. The molecule has 0 amide bonds. The van der Waals surface area contributed by atoms with Crippen molar-refractivity contribution in [1.82, 2.24) is 14.8 Å². The molecule has 1 unspecified atom stereocenters. The van der Waals surface area contributed by atoms with E-state index in [1.807, 2.05) is 7.11 Å². The summed E-state index contributed by atoms with van der Waals surface area (Å²) >= 11 is 1.76. The number of hydrogen-bond acceptors (Lipinski definition) is 5. The Labute approximate surface area is 132 Å². The molecule has 3 rings (SSSR count). The van der Waals surface area contributed by atoms with Crippen molar-refractivity contribution in [3.8, 4) is 0 Å². The van der Waals surface area contributed by atoms with Gasteiger partial charge in [-0.05, 0) is 45.3 Å². The largest absolute Gasteiger partial charge is 0.384 e. The van der Waals surface area contributed by atoms with Crippen LogP contribution in [0.1, 0.15) is 23.5 Å². The SMILES string of the molecule is COCC1CN(Cc2csc(C)n2)CC12CCN(C)CC2. The fourth-order valence-corrected chi connectivity index (χ4v) is 4.64. The predicted molar refractivity (Wildman–Crippen MR) is 86.7 cm³/mol. The van der Waals surface area contributed by atoms with Crippen LogP contribution in [-0.4, -0.2) is 61.7 Å². The minimum Gasteiger partial charge on any atom is -0.384 e. The second kappa shape index (κ2) is 6.32. The van der Waals surface area contributed by atoms with Gasteiger partial charge in [0.2, 0.25) is 0 Å². The third-order valence-electron chi connectivity index (χ3n) is 5.29. The van der Waals surface area contributed by atoms with Gasteiger partial charge in [0.25, 0.3) is 0 Å². The van der Waals surface area contributed by atoms with Gasteiger partial charge in [0.05, 0.1) is 17.3 Å². The van der Waals surface area contributed by atoms with E-state index in [0.717, 1.165) is 19.7 Å². The molecule has 0 radical (unpaired) electrons. The highest BCUT2D eigenvalue weighted by molar-refractivity contribution is 7.09. The van der Waals surface area contributed by atoms with Gasteiger partial charge in [-0.15, -0.1) is 11.3 Å². The molecule has 0 aromatic carbocycles. The van der Waals surface area contributed by atoms with Crippen LogP contribution in [0.4, 0.5) is 0 Å². The molecule has 0 saturated carbocycles. The van der Waals surface area contributed by atoms with Crippen molar-refractivity contribution in [1.29, 1.82) is 0 Å². The van der Waals surface area contributed by atoms with E-state index in [4.69, 9.17) is 4.74 Å². The number of likely N-dealkylation sites (tertiary alicyclic amines) is 2. The maximum absolute atomic E-state index is 5.53. The van der Waals surface area contributed by atoms with Crippen LogP contribution in [-0.2, 0) is 11.3 Å². The van der Waals surface area contributed by atoms with E-state index in [9.17, 15) is 0 Å². The Morgan fingerprint density at radius 1 is 1.43 bits per heavy atom. The molecule has 2 aliphatic heterocycles. The van der Waals surface area contributed by atoms with Gasteiger partial charge < -0.3 is 9.64 Å². The molecule has 1 aromatic heterocycles. The Morgan fingerprint density at radius 2 is 2.19 bits per heavy atom. The summed E-state index contributed by atoms with van der Waals surface area (Å²) in [6, 6.07) is 0. The summed E-state index contributed by atoms with van der Waals surface area (Å²) in [5.74, 6) is 0.677. The molecule has 1 atom stereocenters. The lowest BCUT2D eigenvalue weighted by molar-refractivity contribution is 0.0448. The third-order valence-corrected chi connectivity index (χ3v) is 6.11. The molecular formula is C16H27N3OS. The van der Waals surface area contributed by atoms with Crippen molar-refractivity contribution in [2.75, 3.05) is 46.9 Å². The Morgan fingerprint density at radius 3 is 2.81 bits per heavy atom. The van der Waals surface area contributed by atoms with Gasteiger partial charge >= 0.3 is 0 Å². The van der Waals surface area contributed by atoms with E-state index in [1.54, 1.807) is 11.3 Å². The Hall–Kier alpha value is -0.490. The lowest BCUT2D eigenvalue weighted by Gasteiger charge is -2.41. The minimum absolute atomic E-state index is 0.466. The summed E-state index contributed by atoms with van der Waals surface area (Å²) in [4.78, 5) is 9.69. The molecule has 2 saturated heterocycles. The number of aryl methyl sites for hydroxylation is 1. The molecule has 0 N–H and O–H groups in total. The van der Waals surface area contributed by atoms with Crippen molar-refractivity contribution in [2.45, 2.75) is 26.3 Å². The van der Waals surface area contributed by atoms with Gasteiger partial charge in [-0.3, -0.25) is 4.90 Å². The number of piperidine rings is 1. The first-order chi connectivity index (χ1) is 10.1. The van der Waals surface area contributed by atoms with Crippen molar-refractivity contribution in [2.24, 2.45) is 11.3 Å². The van der Waals surface area contributed by atoms with E-state index in [-0.39, 0.29) is 0 Å². The van der Waals surface area contributed by atoms with Crippen LogP contribution in [0.2, 0.25) is 0 Å². The second-order valence-electron chi connectivity index (χ2n) is 6.85. The summed E-state index contributed by atoms with van der Waals surface area (Å²) in [6.07, 6.45) is 2.62. The quantitative estimate of drug-likeness (QED) is 0.853. The number of hydrogen-bond donors (Lipinski definition) is 0. The van der Waals surface area contributed by atoms with Gasteiger partial charge in [-0.25, -0.2) is 4.98 Å². The topological polar surface area (TPSA) is 28.6 Å². The van der Waals surface area contributed by atoms with Crippen molar-refractivity contribution in [3.05, 3.63) is 16.1 Å². The van der Waals surface area contributed by atoms with Crippen molar-refractivity contribution < 1.29 is 4.74 Å². The third kappa shape index (κ3) is 3.31. The molecule has 5 heteroatoms. The minimum atomic E-state index is 0.466. The zero-order valence-electron chi connectivity index (χ0n) is 13.5. The Balaban J connectivity index is 1.68. The number of nitrogens with zero attached hydrogens (tertiary/aromatic N) is 3. The Kier molecular flexibility index (Phi) is 4.64. The predicted octanol–water partition coefficient (Wildman–Crippen LogP) is 2.24. The van der Waals surface area contributed by atoms with Crippen molar-refractivity contribution >= 4 is 11.3 Å². The molecule has 0 aliphatic carbocycles. The molecule has 1 spiro atoms. The summed E-state index contributed by atoms with van der Waals surface area (Å²) in [6.45, 7) is 8.82. The van der Waals surface area contributed by atoms with Gasteiger partial charge in [0.15, 0.2) is 0 Å². The van der Waals surface area contributed by atoms with Gasteiger partial charge in [-0.1, -0.05) is 0 Å². The van der Waals surface area contributed by atoms with Crippen LogP contribution < -0.4 is 0 Å². The fourth-order valence-electron chi connectivity index (χ4n) is 4.04. The number of ether oxygens (including phenoxy) is 1. The van der Waals surface area contributed by atoms with Gasteiger partial charge in [-0.2, -0.15) is 0 Å². The highest BCUT2D eigenvalue weighted by atomic mass is 32.1. The van der Waals surface area contributed by atoms with E-state index in [2.05, 4.69) is 34.1 Å². The number of rotatable bonds is 4. The number of aromatic nitrogens is 1. The Bertz CT molecular complexity index is 468. The average molecular weight is 309 g/mol. The fraction of sp³-hybridized carbons (Fsp3) is 0.812. The molecule has 3 heterocycles. The monoisotopic (exact) mass is 309 g/mol. The van der Waals surface area contributed by atoms with Crippen LogP contribution in [0.3, 0.4) is 0 Å². The zero-order valence-corrected chi connectivity index (χ0v) is 14.3. The maximum Gasteiger partial charge on any atom is 0.0897 e. The number of methoxy groups -OCH3 is 1. The average Bonchev–Trinajstić information content (AvgIpc) is 3.00. The van der Waals surface area contributed by atoms with Crippen LogP contribution in [0.15, 0.2) is 5.38 Å². The molecule has 4 nitrogen and oxygen atoms in total. The first-order valence-electron chi connectivity index (χ1n) is 7.92. The first-order valence-corrected chi connectivity index (χ1v) is 8.80. The highest BCUT2D eigenvalue weighted by Crippen LogP contribution is 2.45. The van der Waals surface area contributed by atoms with Crippen LogP contribution in [0.25, 0.3) is 0 Å². The molecule has 2 aliphatic rings. The summed E-state index contributed by atoms with van der Waals surface area (Å²) in [7, 11) is 4.08.